The van der Waals surface area contributed by atoms with E-state index in [-0.39, 0.29) is 11.1 Å². The molecular weight excluding hydrogens is 224 g/mol. The molecule has 1 aliphatic heterocycles. The molecule has 6 heteroatoms. The van der Waals surface area contributed by atoms with Crippen LogP contribution in [0.5, 0.6) is 0 Å². The second kappa shape index (κ2) is 4.35. The van der Waals surface area contributed by atoms with Gasteiger partial charge in [-0.1, -0.05) is 20.8 Å². The van der Waals surface area contributed by atoms with E-state index in [1.165, 1.54) is 0 Å². The van der Waals surface area contributed by atoms with Crippen molar-refractivity contribution in [2.45, 2.75) is 45.0 Å². The number of amides is 1. The quantitative estimate of drug-likeness (QED) is 0.746. The first-order chi connectivity index (χ1) is 7.12. The average Bonchev–Trinajstić information content (AvgIpc) is 1.96. The van der Waals surface area contributed by atoms with Gasteiger partial charge in [0.05, 0.1) is 6.10 Å². The van der Waals surface area contributed by atoms with Gasteiger partial charge in [0.15, 0.2) is 8.32 Å². The van der Waals surface area contributed by atoms with Gasteiger partial charge in [0.1, 0.15) is 0 Å². The van der Waals surface area contributed by atoms with Gasteiger partial charge in [0.25, 0.3) is 0 Å². The molecule has 0 saturated carbocycles. The summed E-state index contributed by atoms with van der Waals surface area (Å²) in [6.07, 6.45) is -0.835. The minimum atomic E-state index is -1.71. The normalized spacial score (nSPS) is 19.3. The van der Waals surface area contributed by atoms with Gasteiger partial charge in [-0.25, -0.2) is 9.80 Å². The number of rotatable bonds is 3. The molecule has 0 unspecified atom stereocenters. The molecule has 5 nitrogen and oxygen atoms in total. The van der Waals surface area contributed by atoms with E-state index in [1.54, 1.807) is 5.01 Å². The summed E-state index contributed by atoms with van der Waals surface area (Å²) in [5.74, 6) is 0. The smallest absolute Gasteiger partial charge is 0.419 e. The summed E-state index contributed by atoms with van der Waals surface area (Å²) in [6.45, 7) is 12.3. The zero-order valence-electron chi connectivity index (χ0n) is 10.7. The maximum atomic E-state index is 10.4. The number of hydrogen-bond donors (Lipinski definition) is 2. The van der Waals surface area contributed by atoms with E-state index in [1.807, 2.05) is 0 Å². The third-order valence-electron chi connectivity index (χ3n) is 3.37. The van der Waals surface area contributed by atoms with Crippen LogP contribution in [0.1, 0.15) is 20.8 Å². The Morgan fingerprint density at radius 3 is 2.31 bits per heavy atom. The van der Waals surface area contributed by atoms with Crippen molar-refractivity contribution in [1.82, 2.24) is 10.4 Å². The fourth-order valence-corrected chi connectivity index (χ4v) is 2.67. The van der Waals surface area contributed by atoms with E-state index in [0.29, 0.717) is 13.1 Å². The van der Waals surface area contributed by atoms with Crippen molar-refractivity contribution in [2.75, 3.05) is 13.1 Å². The Kier molecular flexibility index (Phi) is 3.66. The van der Waals surface area contributed by atoms with E-state index in [9.17, 15) is 4.79 Å². The fourth-order valence-electron chi connectivity index (χ4n) is 1.33. The minimum absolute atomic E-state index is 0.174. The molecule has 0 spiro atoms. The number of carbonyl (C=O) groups is 1. The SMILES string of the molecule is CC(C)(C)[Si](C)(C)OC1CN(NC(=O)O)C1. The van der Waals surface area contributed by atoms with Crippen molar-refractivity contribution in [1.29, 1.82) is 0 Å². The number of hydrazine groups is 1. The maximum Gasteiger partial charge on any atom is 0.419 e. The molecule has 1 fully saturated rings. The molecule has 0 aromatic carbocycles. The van der Waals surface area contributed by atoms with E-state index in [2.05, 4.69) is 39.3 Å². The summed E-state index contributed by atoms with van der Waals surface area (Å²) < 4.78 is 6.11. The van der Waals surface area contributed by atoms with Crippen LogP contribution in [0.2, 0.25) is 18.1 Å². The first-order valence-electron chi connectivity index (χ1n) is 5.54. The van der Waals surface area contributed by atoms with Crippen molar-refractivity contribution in [3.8, 4) is 0 Å². The molecule has 1 saturated heterocycles. The first-order valence-corrected chi connectivity index (χ1v) is 8.45. The van der Waals surface area contributed by atoms with Gasteiger partial charge in [0.2, 0.25) is 0 Å². The van der Waals surface area contributed by atoms with Gasteiger partial charge in [-0.3, -0.25) is 5.43 Å². The zero-order valence-corrected chi connectivity index (χ0v) is 11.7. The Bertz CT molecular complexity index is 270. The fraction of sp³-hybridized carbons (Fsp3) is 0.900. The minimum Gasteiger partial charge on any atom is -0.464 e. The summed E-state index contributed by atoms with van der Waals surface area (Å²) in [5.41, 5.74) is 2.32. The summed E-state index contributed by atoms with van der Waals surface area (Å²) in [7, 11) is -1.71. The van der Waals surface area contributed by atoms with Gasteiger partial charge >= 0.3 is 6.09 Å². The zero-order chi connectivity index (χ0) is 12.6. The lowest BCUT2D eigenvalue weighted by molar-refractivity contribution is -0.0183. The molecule has 1 heterocycles. The Morgan fingerprint density at radius 2 is 1.94 bits per heavy atom. The van der Waals surface area contributed by atoms with Crippen LogP contribution in [0.15, 0.2) is 0 Å². The summed E-state index contributed by atoms with van der Waals surface area (Å²) in [6, 6.07) is 0. The molecular formula is C10H22N2O3Si. The molecule has 94 valence electrons. The van der Waals surface area contributed by atoms with Gasteiger partial charge < -0.3 is 9.53 Å². The topological polar surface area (TPSA) is 61.8 Å². The monoisotopic (exact) mass is 246 g/mol. The Hall–Kier alpha value is -0.593. The molecule has 16 heavy (non-hydrogen) atoms. The van der Waals surface area contributed by atoms with E-state index in [4.69, 9.17) is 9.53 Å². The summed E-state index contributed by atoms with van der Waals surface area (Å²) in [5, 5.41) is 10.4. The highest BCUT2D eigenvalue weighted by molar-refractivity contribution is 6.74. The standard InChI is InChI=1S/C10H22N2O3Si/c1-10(2,3)16(4,5)15-8-6-12(7-8)11-9(13)14/h8,11H,6-7H2,1-5H3,(H,13,14). The first kappa shape index (κ1) is 13.5. The highest BCUT2D eigenvalue weighted by Gasteiger charge is 2.42. The number of nitrogens with zero attached hydrogens (tertiary/aromatic N) is 1. The maximum absolute atomic E-state index is 10.4. The lowest BCUT2D eigenvalue weighted by atomic mass is 10.2. The molecule has 1 amide bonds. The number of hydrogen-bond acceptors (Lipinski definition) is 3. The Morgan fingerprint density at radius 1 is 1.44 bits per heavy atom. The van der Waals surface area contributed by atoms with E-state index in [0.717, 1.165) is 0 Å². The predicted molar refractivity (Wildman–Crippen MR) is 64.8 cm³/mol. The second-order valence-electron chi connectivity index (χ2n) is 5.82. The largest absolute Gasteiger partial charge is 0.464 e. The van der Waals surface area contributed by atoms with Crippen LogP contribution in [-0.4, -0.2) is 43.7 Å². The Labute approximate surface area is 97.9 Å². The van der Waals surface area contributed by atoms with Crippen LogP contribution >= 0.6 is 0 Å². The molecule has 0 bridgehead atoms. The molecule has 0 aromatic rings. The van der Waals surface area contributed by atoms with E-state index >= 15 is 0 Å². The molecule has 0 atom stereocenters. The Balaban J connectivity index is 2.35. The van der Waals surface area contributed by atoms with Crippen molar-refractivity contribution in [3.63, 3.8) is 0 Å². The summed E-state index contributed by atoms with van der Waals surface area (Å²) in [4.78, 5) is 10.4. The van der Waals surface area contributed by atoms with Gasteiger partial charge in [-0.15, -0.1) is 0 Å². The molecule has 1 aliphatic rings. The van der Waals surface area contributed by atoms with Crippen molar-refractivity contribution < 1.29 is 14.3 Å². The third kappa shape index (κ3) is 3.20. The summed E-state index contributed by atoms with van der Waals surface area (Å²) >= 11 is 0. The molecule has 0 radical (unpaired) electrons. The van der Waals surface area contributed by atoms with Crippen molar-refractivity contribution in [2.24, 2.45) is 0 Å². The molecule has 2 N–H and O–H groups in total. The van der Waals surface area contributed by atoms with Crippen LogP contribution in [0.4, 0.5) is 4.79 Å². The molecule has 1 rings (SSSR count). The average molecular weight is 246 g/mol. The van der Waals surface area contributed by atoms with Gasteiger partial charge in [0, 0.05) is 13.1 Å². The van der Waals surface area contributed by atoms with E-state index < -0.39 is 14.4 Å². The van der Waals surface area contributed by atoms with Gasteiger partial charge in [-0.2, -0.15) is 0 Å². The van der Waals surface area contributed by atoms with Gasteiger partial charge in [-0.05, 0) is 18.1 Å². The van der Waals surface area contributed by atoms with Crippen molar-refractivity contribution >= 4 is 14.4 Å². The third-order valence-corrected chi connectivity index (χ3v) is 7.90. The van der Waals surface area contributed by atoms with Crippen LogP contribution in [0, 0.1) is 0 Å². The lowest BCUT2D eigenvalue weighted by Crippen LogP contribution is -2.62. The van der Waals surface area contributed by atoms with Crippen LogP contribution in [0.25, 0.3) is 0 Å². The number of carboxylic acid groups (broad SMARTS) is 1. The molecule has 0 aliphatic carbocycles. The second-order valence-corrected chi connectivity index (χ2v) is 10.6. The van der Waals surface area contributed by atoms with Crippen LogP contribution < -0.4 is 5.43 Å². The van der Waals surface area contributed by atoms with Crippen LogP contribution in [0.3, 0.4) is 0 Å². The number of nitrogens with one attached hydrogen (secondary N) is 1. The van der Waals surface area contributed by atoms with Crippen LogP contribution in [-0.2, 0) is 4.43 Å². The predicted octanol–water partition coefficient (Wildman–Crippen LogP) is 1.88. The van der Waals surface area contributed by atoms with Crippen molar-refractivity contribution in [3.05, 3.63) is 0 Å². The highest BCUT2D eigenvalue weighted by atomic mass is 28.4. The lowest BCUT2D eigenvalue weighted by Gasteiger charge is -2.45. The molecule has 0 aromatic heterocycles. The highest BCUT2D eigenvalue weighted by Crippen LogP contribution is 2.38.